The maximum absolute atomic E-state index is 14.0. The number of nitrogens with zero attached hydrogens (tertiary/aromatic N) is 2. The van der Waals surface area contributed by atoms with Crippen molar-refractivity contribution < 1.29 is 19.1 Å². The van der Waals surface area contributed by atoms with E-state index in [0.717, 1.165) is 82.6 Å². The number of ketones is 1. The van der Waals surface area contributed by atoms with E-state index in [4.69, 9.17) is 9.47 Å². The lowest BCUT2D eigenvalue weighted by atomic mass is 9.81. The van der Waals surface area contributed by atoms with Gasteiger partial charge in [0, 0.05) is 60.7 Å². The fourth-order valence-corrected chi connectivity index (χ4v) is 7.15. The van der Waals surface area contributed by atoms with Crippen LogP contribution in [-0.4, -0.2) is 60.5 Å². The van der Waals surface area contributed by atoms with Gasteiger partial charge in [0.1, 0.15) is 0 Å². The molecule has 0 saturated heterocycles. The van der Waals surface area contributed by atoms with Crippen LogP contribution in [0.5, 0.6) is 11.5 Å². The number of hydrogen-bond donors (Lipinski definition) is 0. The number of Topliss-reactive ketones (excluding diaryl/α,β-unsaturated/α-hetero) is 1. The van der Waals surface area contributed by atoms with E-state index in [1.165, 1.54) is 0 Å². The fraction of sp³-hybridized carbons (Fsp3) is 0.625. The first-order valence-electron chi connectivity index (χ1n) is 14.3. The van der Waals surface area contributed by atoms with Crippen molar-refractivity contribution in [2.75, 3.05) is 27.2 Å². The van der Waals surface area contributed by atoms with Gasteiger partial charge in [-0.05, 0) is 84.0 Å². The molecule has 4 aliphatic rings. The van der Waals surface area contributed by atoms with Gasteiger partial charge in [-0.3, -0.25) is 9.59 Å². The van der Waals surface area contributed by atoms with Crippen LogP contribution < -0.4 is 9.47 Å². The number of fused-ring (bicyclic) bond motifs is 2. The summed E-state index contributed by atoms with van der Waals surface area (Å²) in [5.74, 6) is 1.49. The molecular formula is C32H44N2O4. The summed E-state index contributed by atoms with van der Waals surface area (Å²) in [4.78, 5) is 31.0. The number of benzene rings is 1. The molecule has 1 aromatic rings. The van der Waals surface area contributed by atoms with E-state index in [9.17, 15) is 9.59 Å². The van der Waals surface area contributed by atoms with E-state index >= 15 is 0 Å². The zero-order chi connectivity index (χ0) is 27.5. The number of allylic oxidation sites excluding steroid dienone is 3. The Balaban J connectivity index is 1.47. The molecule has 1 atom stereocenters. The van der Waals surface area contributed by atoms with Crippen LogP contribution in [0.25, 0.3) is 0 Å². The summed E-state index contributed by atoms with van der Waals surface area (Å²) in [6.07, 6.45) is 7.67. The maximum Gasteiger partial charge on any atom is 0.254 e. The third kappa shape index (κ3) is 4.49. The lowest BCUT2D eigenvalue weighted by Crippen LogP contribution is -2.46. The molecule has 1 saturated carbocycles. The first-order chi connectivity index (χ1) is 17.9. The fourth-order valence-electron chi connectivity index (χ4n) is 7.15. The van der Waals surface area contributed by atoms with Gasteiger partial charge in [0.2, 0.25) is 0 Å². The number of ether oxygens (including phenoxy) is 2. The molecule has 0 bridgehead atoms. The summed E-state index contributed by atoms with van der Waals surface area (Å²) < 4.78 is 13.5. The smallest absolute Gasteiger partial charge is 0.254 e. The summed E-state index contributed by atoms with van der Waals surface area (Å²) in [5, 5.41) is 0. The Morgan fingerprint density at radius 1 is 1.05 bits per heavy atom. The molecule has 5 rings (SSSR count). The van der Waals surface area contributed by atoms with E-state index in [1.807, 2.05) is 25.7 Å². The normalized spacial score (nSPS) is 27.4. The molecule has 2 heterocycles. The Labute approximate surface area is 228 Å². The van der Waals surface area contributed by atoms with Crippen molar-refractivity contribution in [3.8, 4) is 11.5 Å². The Kier molecular flexibility index (Phi) is 7.00. The van der Waals surface area contributed by atoms with Gasteiger partial charge in [0.15, 0.2) is 17.3 Å². The van der Waals surface area contributed by atoms with Crippen molar-refractivity contribution in [2.45, 2.75) is 97.8 Å². The van der Waals surface area contributed by atoms with Crippen LogP contribution >= 0.6 is 0 Å². The van der Waals surface area contributed by atoms with Crippen LogP contribution in [0.4, 0.5) is 0 Å². The number of carbonyl (C=O) groups excluding carboxylic acids is 2. The highest BCUT2D eigenvalue weighted by Crippen LogP contribution is 2.54. The molecule has 0 aromatic heterocycles. The number of rotatable bonds is 5. The number of carbonyl (C=O) groups is 2. The molecule has 2 aliphatic carbocycles. The minimum Gasteiger partial charge on any atom is -0.448 e. The van der Waals surface area contributed by atoms with E-state index in [-0.39, 0.29) is 17.6 Å². The van der Waals surface area contributed by atoms with Crippen molar-refractivity contribution in [1.29, 1.82) is 0 Å². The SMILES string of the molecule is CC1=CC(C)=C(CN2CCc3c(c(C)c4c(c3C(C)C)OC(C)(C3CCC(N(C)C)CC3)O4)C2=O)C(=O)C1. The first kappa shape index (κ1) is 27.0. The van der Waals surface area contributed by atoms with Gasteiger partial charge >= 0.3 is 0 Å². The Hall–Kier alpha value is -2.60. The van der Waals surface area contributed by atoms with Crippen molar-refractivity contribution in [1.82, 2.24) is 9.80 Å². The summed E-state index contributed by atoms with van der Waals surface area (Å²) >= 11 is 0. The third-order valence-electron chi connectivity index (χ3n) is 9.35. The second-order valence-electron chi connectivity index (χ2n) is 12.6. The van der Waals surface area contributed by atoms with Crippen molar-refractivity contribution in [2.24, 2.45) is 5.92 Å². The number of hydrogen-bond acceptors (Lipinski definition) is 5. The molecule has 1 aromatic carbocycles. The lowest BCUT2D eigenvalue weighted by molar-refractivity contribution is -0.123. The van der Waals surface area contributed by atoms with Crippen LogP contribution in [0, 0.1) is 12.8 Å². The largest absolute Gasteiger partial charge is 0.448 e. The van der Waals surface area contributed by atoms with Gasteiger partial charge in [-0.25, -0.2) is 0 Å². The van der Waals surface area contributed by atoms with E-state index in [0.29, 0.717) is 31.5 Å². The molecule has 6 nitrogen and oxygen atoms in total. The zero-order valence-electron chi connectivity index (χ0n) is 24.5. The minimum atomic E-state index is -0.721. The van der Waals surface area contributed by atoms with Crippen molar-refractivity contribution in [3.05, 3.63) is 45.0 Å². The highest BCUT2D eigenvalue weighted by atomic mass is 16.7. The van der Waals surface area contributed by atoms with Crippen LogP contribution in [0.3, 0.4) is 0 Å². The van der Waals surface area contributed by atoms with E-state index < -0.39 is 5.79 Å². The predicted molar refractivity (Wildman–Crippen MR) is 150 cm³/mol. The summed E-state index contributed by atoms with van der Waals surface area (Å²) in [7, 11) is 4.32. The van der Waals surface area contributed by atoms with Crippen LogP contribution in [0.1, 0.15) is 99.7 Å². The molecular weight excluding hydrogens is 476 g/mol. The van der Waals surface area contributed by atoms with Crippen LogP contribution in [-0.2, 0) is 11.2 Å². The van der Waals surface area contributed by atoms with Crippen molar-refractivity contribution in [3.63, 3.8) is 0 Å². The van der Waals surface area contributed by atoms with E-state index in [2.05, 4.69) is 45.8 Å². The first-order valence-corrected chi connectivity index (χ1v) is 14.3. The molecule has 0 N–H and O–H groups in total. The molecule has 1 fully saturated rings. The Morgan fingerprint density at radius 2 is 1.71 bits per heavy atom. The molecule has 2 aliphatic heterocycles. The predicted octanol–water partition coefficient (Wildman–Crippen LogP) is 5.96. The number of amides is 1. The molecule has 38 heavy (non-hydrogen) atoms. The molecule has 6 heteroatoms. The van der Waals surface area contributed by atoms with Crippen LogP contribution in [0.2, 0.25) is 0 Å². The minimum absolute atomic E-state index is 0.00322. The van der Waals surface area contributed by atoms with Gasteiger partial charge in [-0.1, -0.05) is 25.5 Å². The highest BCUT2D eigenvalue weighted by molar-refractivity contribution is 6.03. The van der Waals surface area contributed by atoms with Crippen molar-refractivity contribution >= 4 is 11.7 Å². The Morgan fingerprint density at radius 3 is 2.32 bits per heavy atom. The highest BCUT2D eigenvalue weighted by Gasteiger charge is 2.49. The zero-order valence-corrected chi connectivity index (χ0v) is 24.5. The molecule has 206 valence electrons. The summed E-state index contributed by atoms with van der Waals surface area (Å²) in [6, 6.07) is 0.608. The third-order valence-corrected chi connectivity index (χ3v) is 9.35. The average molecular weight is 521 g/mol. The maximum atomic E-state index is 14.0. The summed E-state index contributed by atoms with van der Waals surface area (Å²) in [5.41, 5.74) is 6.64. The Bertz CT molecular complexity index is 1230. The van der Waals surface area contributed by atoms with Gasteiger partial charge < -0.3 is 19.3 Å². The van der Waals surface area contributed by atoms with Gasteiger partial charge in [0.05, 0.1) is 0 Å². The second-order valence-corrected chi connectivity index (χ2v) is 12.6. The van der Waals surface area contributed by atoms with E-state index in [1.54, 1.807) is 0 Å². The standard InChI is InChI=1S/C32H44N2O4/c1-18(2)27-24-13-14-34(17-25-20(4)15-19(3)16-26(25)35)31(36)28(24)21(5)29-30(27)38-32(6,37-29)22-9-11-23(12-10-22)33(7)8/h15,18,22-23H,9-14,16-17H2,1-8H3. The quantitative estimate of drug-likeness (QED) is 0.479. The van der Waals surface area contributed by atoms with Gasteiger partial charge in [0.25, 0.3) is 11.7 Å². The average Bonchev–Trinajstić information content (AvgIpc) is 3.21. The second kappa shape index (κ2) is 9.86. The summed E-state index contributed by atoms with van der Waals surface area (Å²) in [6.45, 7) is 13.4. The molecule has 0 radical (unpaired) electrons. The lowest BCUT2D eigenvalue weighted by Gasteiger charge is -2.39. The molecule has 1 unspecified atom stereocenters. The van der Waals surface area contributed by atoms with Crippen LogP contribution in [0.15, 0.2) is 22.8 Å². The topological polar surface area (TPSA) is 59.1 Å². The van der Waals surface area contributed by atoms with Gasteiger partial charge in [-0.15, -0.1) is 0 Å². The molecule has 0 spiro atoms. The monoisotopic (exact) mass is 520 g/mol. The van der Waals surface area contributed by atoms with Gasteiger partial charge in [-0.2, -0.15) is 0 Å². The molecule has 1 amide bonds.